The average Bonchev–Trinajstić information content (AvgIpc) is 3.32. The molecule has 12 nitrogen and oxygen atoms in total. The Balaban J connectivity index is 0.943. The highest BCUT2D eigenvalue weighted by molar-refractivity contribution is 5.81. The molecule has 0 N–H and O–H groups in total. The van der Waals surface area contributed by atoms with Crippen LogP contribution in [-0.4, -0.2) is 70.5 Å². The maximum Gasteiger partial charge on any atom is 0.330 e. The molecule has 2 atom stereocenters. The molecule has 332 valence electrons. The van der Waals surface area contributed by atoms with Gasteiger partial charge in [0, 0.05) is 59.2 Å². The van der Waals surface area contributed by atoms with Crippen molar-refractivity contribution in [1.29, 1.82) is 0 Å². The van der Waals surface area contributed by atoms with Crippen LogP contribution >= 0.6 is 0 Å². The van der Waals surface area contributed by atoms with Gasteiger partial charge in [-0.3, -0.25) is 0 Å². The van der Waals surface area contributed by atoms with Crippen LogP contribution in [0.2, 0.25) is 0 Å². The molecule has 62 heavy (non-hydrogen) atoms. The number of benzene rings is 2. The maximum absolute atomic E-state index is 11.1. The topological polar surface area (TPSA) is 141 Å². The lowest BCUT2D eigenvalue weighted by molar-refractivity contribution is -0.138. The predicted octanol–water partition coefficient (Wildman–Crippen LogP) is 10.5. The minimum atomic E-state index is -0.355. The zero-order valence-electron chi connectivity index (χ0n) is 36.3. The monoisotopic (exact) mass is 848 g/mol. The number of hydrogen-bond acceptors (Lipinski definition) is 12. The molecule has 4 aromatic rings. The van der Waals surface area contributed by atoms with Gasteiger partial charge in [0.05, 0.1) is 51.8 Å². The summed E-state index contributed by atoms with van der Waals surface area (Å²) in [5.41, 5.74) is 3.70. The van der Waals surface area contributed by atoms with E-state index in [1.54, 1.807) is 0 Å². The fourth-order valence-electron chi connectivity index (χ4n) is 7.07. The van der Waals surface area contributed by atoms with Crippen LogP contribution in [0.15, 0.2) is 98.6 Å². The van der Waals surface area contributed by atoms with E-state index in [-0.39, 0.29) is 24.1 Å². The Morgan fingerprint density at radius 2 is 0.839 bits per heavy atom. The fourth-order valence-corrected chi connectivity index (χ4v) is 7.07. The van der Waals surface area contributed by atoms with E-state index in [9.17, 15) is 9.59 Å². The molecule has 1 aliphatic rings. The summed E-state index contributed by atoms with van der Waals surface area (Å²) in [7, 11) is 0. The average molecular weight is 849 g/mol. The van der Waals surface area contributed by atoms with Crippen molar-refractivity contribution in [3.05, 3.63) is 110 Å². The Morgan fingerprint density at radius 3 is 1.19 bits per heavy atom. The van der Waals surface area contributed by atoms with Gasteiger partial charge in [-0.1, -0.05) is 77.4 Å². The Morgan fingerprint density at radius 1 is 0.500 bits per heavy atom. The van der Waals surface area contributed by atoms with Gasteiger partial charge in [0.1, 0.15) is 11.5 Å². The van der Waals surface area contributed by atoms with Crippen LogP contribution < -0.4 is 9.47 Å². The van der Waals surface area contributed by atoms with Gasteiger partial charge in [0.25, 0.3) is 0 Å². The van der Waals surface area contributed by atoms with Gasteiger partial charge in [-0.05, 0) is 87.1 Å². The second kappa shape index (κ2) is 28.2. The number of nitrogens with zero attached hydrogens (tertiary/aromatic N) is 4. The Hall–Kier alpha value is -5.46. The molecular formula is C50H64N4O8. The van der Waals surface area contributed by atoms with Crippen molar-refractivity contribution in [2.24, 2.45) is 0 Å². The predicted molar refractivity (Wildman–Crippen MR) is 239 cm³/mol. The molecule has 0 amide bonds. The van der Waals surface area contributed by atoms with E-state index in [1.165, 1.54) is 12.2 Å². The van der Waals surface area contributed by atoms with Crippen LogP contribution in [0.1, 0.15) is 114 Å². The van der Waals surface area contributed by atoms with Gasteiger partial charge in [-0.2, -0.15) is 0 Å². The van der Waals surface area contributed by atoms with Crippen molar-refractivity contribution in [2.75, 3.05) is 26.4 Å². The van der Waals surface area contributed by atoms with E-state index >= 15 is 0 Å². The molecule has 2 aromatic heterocycles. The molecule has 1 fully saturated rings. The van der Waals surface area contributed by atoms with Gasteiger partial charge in [-0.15, -0.1) is 0 Å². The largest absolute Gasteiger partial charge is 0.494 e. The van der Waals surface area contributed by atoms with Crippen molar-refractivity contribution < 1.29 is 38.0 Å². The standard InChI is InChI=1S/C50H64N4O8/c1-3-47(55)59-31-17-11-7-5-9-15-29-57-43-25-21-41(22-26-43)49-51-33-39(34-52-49)37-61-45-19-13-14-20-46(45)62-38-40-35-53-50(54-36-40)42-23-27-44(28-24-42)58-30-16-10-6-8-12-18-32-60-48(56)4-2/h3-4,21-28,33-36,45-46H,1-2,5-20,29-32,37-38H2/t45-,46-/m1/s1. The van der Waals surface area contributed by atoms with Crippen LogP contribution in [0.4, 0.5) is 0 Å². The highest BCUT2D eigenvalue weighted by Crippen LogP contribution is 2.27. The fraction of sp³-hybridized carbons (Fsp3) is 0.480. The van der Waals surface area contributed by atoms with Gasteiger partial charge >= 0.3 is 11.9 Å². The minimum absolute atomic E-state index is 0.00973. The maximum atomic E-state index is 11.1. The number of carbonyl (C=O) groups is 2. The molecule has 2 heterocycles. The van der Waals surface area contributed by atoms with E-state index in [0.29, 0.717) is 51.3 Å². The van der Waals surface area contributed by atoms with E-state index < -0.39 is 0 Å². The first-order valence-corrected chi connectivity index (χ1v) is 22.4. The van der Waals surface area contributed by atoms with Crippen LogP contribution in [0, 0.1) is 0 Å². The van der Waals surface area contributed by atoms with Crippen molar-refractivity contribution in [2.45, 2.75) is 128 Å². The lowest BCUT2D eigenvalue weighted by atomic mass is 9.94. The first-order valence-electron chi connectivity index (χ1n) is 22.4. The molecule has 5 rings (SSSR count). The number of carbonyl (C=O) groups excluding carboxylic acids is 2. The molecule has 1 aliphatic carbocycles. The number of ether oxygens (including phenoxy) is 6. The number of rotatable bonds is 30. The number of hydrogen-bond donors (Lipinski definition) is 0. The van der Waals surface area contributed by atoms with E-state index in [1.807, 2.05) is 73.3 Å². The summed E-state index contributed by atoms with van der Waals surface area (Å²) < 4.78 is 34.7. The molecule has 0 bridgehead atoms. The second-order valence-corrected chi connectivity index (χ2v) is 15.5. The SMILES string of the molecule is C=CC(=O)OCCCCCCCCOc1ccc(-c2ncc(CO[C@@H]3CCCC[C@H]3OCc3cnc(-c4ccc(OCCCCCCCCOC(=O)C=C)cc4)nc3)cn2)cc1. The molecule has 12 heteroatoms. The third kappa shape index (κ3) is 17.9. The van der Waals surface area contributed by atoms with Gasteiger partial charge in [-0.25, -0.2) is 29.5 Å². The van der Waals surface area contributed by atoms with Crippen molar-refractivity contribution >= 4 is 11.9 Å². The lowest BCUT2D eigenvalue weighted by Gasteiger charge is -2.31. The molecule has 2 aromatic carbocycles. The third-order valence-corrected chi connectivity index (χ3v) is 10.6. The van der Waals surface area contributed by atoms with Crippen LogP contribution in [0.3, 0.4) is 0 Å². The molecule has 0 saturated heterocycles. The normalized spacial score (nSPS) is 14.8. The van der Waals surface area contributed by atoms with Crippen LogP contribution in [-0.2, 0) is 41.8 Å². The molecular weight excluding hydrogens is 785 g/mol. The quantitative estimate of drug-likeness (QED) is 0.0280. The van der Waals surface area contributed by atoms with Crippen LogP contribution in [0.25, 0.3) is 22.8 Å². The Bertz CT molecular complexity index is 1750. The Labute approximate surface area is 367 Å². The van der Waals surface area contributed by atoms with E-state index in [0.717, 1.165) is 136 Å². The minimum Gasteiger partial charge on any atom is -0.494 e. The molecule has 0 spiro atoms. The first-order chi connectivity index (χ1) is 30.5. The lowest BCUT2D eigenvalue weighted by Crippen LogP contribution is -2.34. The summed E-state index contributed by atoms with van der Waals surface area (Å²) in [6, 6.07) is 15.8. The summed E-state index contributed by atoms with van der Waals surface area (Å²) in [4.78, 5) is 40.6. The van der Waals surface area contributed by atoms with Gasteiger partial charge in [0.2, 0.25) is 0 Å². The zero-order chi connectivity index (χ0) is 43.5. The molecule has 0 aliphatic heterocycles. The first kappa shape index (κ1) is 47.6. The van der Waals surface area contributed by atoms with E-state index in [4.69, 9.17) is 28.4 Å². The second-order valence-electron chi connectivity index (χ2n) is 15.5. The third-order valence-electron chi connectivity index (χ3n) is 10.6. The van der Waals surface area contributed by atoms with Gasteiger partial charge < -0.3 is 28.4 Å². The Kier molecular flexibility index (Phi) is 21.6. The number of aromatic nitrogens is 4. The zero-order valence-corrected chi connectivity index (χ0v) is 36.3. The van der Waals surface area contributed by atoms with Gasteiger partial charge in [0.15, 0.2) is 11.6 Å². The molecule has 1 saturated carbocycles. The molecule has 0 unspecified atom stereocenters. The highest BCUT2D eigenvalue weighted by Gasteiger charge is 2.27. The van der Waals surface area contributed by atoms with E-state index in [2.05, 4.69) is 33.1 Å². The summed E-state index contributed by atoms with van der Waals surface area (Å²) in [6.45, 7) is 9.91. The summed E-state index contributed by atoms with van der Waals surface area (Å²) >= 11 is 0. The molecule has 0 radical (unpaired) electrons. The van der Waals surface area contributed by atoms with Crippen LogP contribution in [0.5, 0.6) is 11.5 Å². The number of unbranched alkanes of at least 4 members (excludes halogenated alkanes) is 10. The number of esters is 2. The van der Waals surface area contributed by atoms with Crippen molar-refractivity contribution in [3.63, 3.8) is 0 Å². The van der Waals surface area contributed by atoms with Crippen molar-refractivity contribution in [3.8, 4) is 34.3 Å². The summed E-state index contributed by atoms with van der Waals surface area (Å²) in [5, 5.41) is 0. The summed E-state index contributed by atoms with van der Waals surface area (Å²) in [6.07, 6.45) is 26.4. The van der Waals surface area contributed by atoms with Crippen molar-refractivity contribution in [1.82, 2.24) is 19.9 Å². The smallest absolute Gasteiger partial charge is 0.330 e. The highest BCUT2D eigenvalue weighted by atomic mass is 16.5. The summed E-state index contributed by atoms with van der Waals surface area (Å²) in [5.74, 6) is 2.27.